The normalized spacial score (nSPS) is 17.1. The number of thiophene rings is 1. The van der Waals surface area contributed by atoms with Gasteiger partial charge in [-0.15, -0.1) is 11.3 Å². The van der Waals surface area contributed by atoms with Crippen LogP contribution in [0.1, 0.15) is 29.3 Å². The van der Waals surface area contributed by atoms with E-state index in [0.29, 0.717) is 5.95 Å². The first-order valence-corrected chi connectivity index (χ1v) is 7.59. The highest BCUT2D eigenvalue weighted by molar-refractivity contribution is 7.10. The van der Waals surface area contributed by atoms with Crippen LogP contribution in [0.15, 0.2) is 17.6 Å². The highest BCUT2D eigenvalue weighted by Crippen LogP contribution is 2.36. The van der Waals surface area contributed by atoms with Crippen molar-refractivity contribution in [2.24, 2.45) is 0 Å². The first-order chi connectivity index (χ1) is 10.2. The standard InChI is InChI=1S/C13H15N5O2S/c1-14-13-15-7-10(18(19)20)12(17-13)16-9-3-2-4-11-8(9)5-6-21-11/h5-7,9H,2-4H2,1H3,(H2,14,15,16,17). The van der Waals surface area contributed by atoms with E-state index in [4.69, 9.17) is 0 Å². The Morgan fingerprint density at radius 3 is 3.14 bits per heavy atom. The highest BCUT2D eigenvalue weighted by Gasteiger charge is 2.25. The molecule has 8 heteroatoms. The molecule has 2 aromatic rings. The summed E-state index contributed by atoms with van der Waals surface area (Å²) in [5.41, 5.74) is 1.13. The molecule has 2 aromatic heterocycles. The lowest BCUT2D eigenvalue weighted by molar-refractivity contribution is -0.384. The number of fused-ring (bicyclic) bond motifs is 1. The molecule has 1 aliphatic rings. The minimum Gasteiger partial charge on any atom is -0.357 e. The third-order valence-corrected chi connectivity index (χ3v) is 4.55. The van der Waals surface area contributed by atoms with Crippen LogP contribution >= 0.6 is 11.3 Å². The third-order valence-electron chi connectivity index (χ3n) is 3.55. The van der Waals surface area contributed by atoms with Gasteiger partial charge in [0.05, 0.1) is 11.0 Å². The maximum Gasteiger partial charge on any atom is 0.329 e. The summed E-state index contributed by atoms with van der Waals surface area (Å²) in [6.07, 6.45) is 4.33. The molecule has 0 saturated carbocycles. The fraction of sp³-hybridized carbons (Fsp3) is 0.385. The van der Waals surface area contributed by atoms with Crippen molar-refractivity contribution >= 4 is 28.8 Å². The summed E-state index contributed by atoms with van der Waals surface area (Å²) in [6, 6.07) is 2.15. The molecule has 2 N–H and O–H groups in total. The molecule has 3 rings (SSSR count). The van der Waals surface area contributed by atoms with Crippen molar-refractivity contribution in [3.8, 4) is 0 Å². The van der Waals surface area contributed by atoms with Crippen LogP contribution in [0.5, 0.6) is 0 Å². The average molecular weight is 305 g/mol. The van der Waals surface area contributed by atoms with Crippen molar-refractivity contribution in [3.05, 3.63) is 38.2 Å². The second kappa shape index (κ2) is 5.65. The molecule has 1 atom stereocenters. The second-order valence-electron chi connectivity index (χ2n) is 4.82. The van der Waals surface area contributed by atoms with Crippen molar-refractivity contribution < 1.29 is 4.92 Å². The monoisotopic (exact) mass is 305 g/mol. The maximum atomic E-state index is 11.1. The first kappa shape index (κ1) is 13.7. The predicted octanol–water partition coefficient (Wildman–Crippen LogP) is 2.98. The Kier molecular flexibility index (Phi) is 3.70. The Balaban J connectivity index is 1.93. The molecule has 110 valence electrons. The van der Waals surface area contributed by atoms with Gasteiger partial charge in [-0.05, 0) is 36.3 Å². The van der Waals surface area contributed by atoms with E-state index in [1.807, 2.05) is 0 Å². The summed E-state index contributed by atoms with van der Waals surface area (Å²) in [7, 11) is 1.68. The maximum absolute atomic E-state index is 11.1. The van der Waals surface area contributed by atoms with E-state index >= 15 is 0 Å². The SMILES string of the molecule is CNc1ncc([N+](=O)[O-])c(NC2CCCc3sccc32)n1. The smallest absolute Gasteiger partial charge is 0.329 e. The Morgan fingerprint density at radius 1 is 1.52 bits per heavy atom. The van der Waals surface area contributed by atoms with Crippen LogP contribution in [-0.2, 0) is 6.42 Å². The molecular formula is C13H15N5O2S. The summed E-state index contributed by atoms with van der Waals surface area (Å²) in [4.78, 5) is 20.1. The van der Waals surface area contributed by atoms with E-state index in [9.17, 15) is 10.1 Å². The van der Waals surface area contributed by atoms with Crippen molar-refractivity contribution in [2.75, 3.05) is 17.7 Å². The molecule has 0 amide bonds. The van der Waals surface area contributed by atoms with Gasteiger partial charge in [0.2, 0.25) is 11.8 Å². The van der Waals surface area contributed by atoms with Crippen molar-refractivity contribution in [1.29, 1.82) is 0 Å². The van der Waals surface area contributed by atoms with Gasteiger partial charge >= 0.3 is 5.69 Å². The van der Waals surface area contributed by atoms with E-state index in [-0.39, 0.29) is 17.5 Å². The quantitative estimate of drug-likeness (QED) is 0.666. The number of nitrogens with zero attached hydrogens (tertiary/aromatic N) is 3. The molecule has 1 aliphatic carbocycles. The lowest BCUT2D eigenvalue weighted by atomic mass is 9.94. The van der Waals surface area contributed by atoms with Crippen molar-refractivity contribution in [1.82, 2.24) is 9.97 Å². The Morgan fingerprint density at radius 2 is 2.38 bits per heavy atom. The molecule has 0 saturated heterocycles. The largest absolute Gasteiger partial charge is 0.357 e. The van der Waals surface area contributed by atoms with Crippen LogP contribution in [0.2, 0.25) is 0 Å². The van der Waals surface area contributed by atoms with Crippen LogP contribution in [0.3, 0.4) is 0 Å². The Labute approximate surface area is 125 Å². The van der Waals surface area contributed by atoms with Gasteiger partial charge in [-0.25, -0.2) is 4.98 Å². The number of hydrogen-bond acceptors (Lipinski definition) is 7. The van der Waals surface area contributed by atoms with Gasteiger partial charge in [-0.3, -0.25) is 10.1 Å². The third kappa shape index (κ3) is 2.66. The zero-order valence-electron chi connectivity index (χ0n) is 11.5. The molecule has 1 unspecified atom stereocenters. The molecule has 2 heterocycles. The fourth-order valence-corrected chi connectivity index (χ4v) is 3.52. The van der Waals surface area contributed by atoms with E-state index < -0.39 is 4.92 Å². The van der Waals surface area contributed by atoms with Crippen LogP contribution in [0, 0.1) is 10.1 Å². The zero-order valence-corrected chi connectivity index (χ0v) is 12.3. The Hall–Kier alpha value is -2.22. The summed E-state index contributed by atoms with van der Waals surface area (Å²) in [6.45, 7) is 0. The van der Waals surface area contributed by atoms with Gasteiger partial charge in [0.25, 0.3) is 0 Å². The molecular weight excluding hydrogens is 290 g/mol. The van der Waals surface area contributed by atoms with Crippen LogP contribution < -0.4 is 10.6 Å². The summed E-state index contributed by atoms with van der Waals surface area (Å²) in [5.74, 6) is 0.632. The van der Waals surface area contributed by atoms with Crippen molar-refractivity contribution in [2.45, 2.75) is 25.3 Å². The van der Waals surface area contributed by atoms with E-state index in [2.05, 4.69) is 32.0 Å². The molecule has 0 radical (unpaired) electrons. The zero-order chi connectivity index (χ0) is 14.8. The van der Waals surface area contributed by atoms with Gasteiger partial charge in [-0.1, -0.05) is 0 Å². The van der Waals surface area contributed by atoms with Gasteiger partial charge in [0.15, 0.2) is 0 Å². The lowest BCUT2D eigenvalue weighted by Crippen LogP contribution is -2.17. The summed E-state index contributed by atoms with van der Waals surface area (Å²) in [5, 5.41) is 19.2. The molecule has 0 fully saturated rings. The van der Waals surface area contributed by atoms with Crippen molar-refractivity contribution in [3.63, 3.8) is 0 Å². The van der Waals surface area contributed by atoms with Gasteiger partial charge in [0.1, 0.15) is 6.20 Å². The molecule has 0 bridgehead atoms. The number of nitrogens with one attached hydrogen (secondary N) is 2. The molecule has 21 heavy (non-hydrogen) atoms. The summed E-state index contributed by atoms with van der Waals surface area (Å²) < 4.78 is 0. The number of aromatic nitrogens is 2. The second-order valence-corrected chi connectivity index (χ2v) is 5.82. The molecule has 7 nitrogen and oxygen atoms in total. The number of aryl methyl sites for hydroxylation is 1. The average Bonchev–Trinajstić information content (AvgIpc) is 2.96. The van der Waals surface area contributed by atoms with E-state index in [0.717, 1.165) is 19.3 Å². The van der Waals surface area contributed by atoms with Crippen LogP contribution in [0.25, 0.3) is 0 Å². The number of hydrogen-bond donors (Lipinski definition) is 2. The molecule has 0 aliphatic heterocycles. The predicted molar refractivity (Wildman–Crippen MR) is 81.9 cm³/mol. The molecule has 0 aromatic carbocycles. The van der Waals surface area contributed by atoms with Gasteiger partial charge < -0.3 is 10.6 Å². The number of nitro groups is 1. The topological polar surface area (TPSA) is 93.0 Å². The van der Waals surface area contributed by atoms with E-state index in [1.54, 1.807) is 18.4 Å². The fourth-order valence-electron chi connectivity index (χ4n) is 2.54. The minimum absolute atomic E-state index is 0.0679. The van der Waals surface area contributed by atoms with Gasteiger partial charge in [0, 0.05) is 11.9 Å². The Bertz CT molecular complexity index is 672. The number of anilines is 2. The molecule has 0 spiro atoms. The van der Waals surface area contributed by atoms with Gasteiger partial charge in [-0.2, -0.15) is 4.98 Å². The van der Waals surface area contributed by atoms with E-state index in [1.165, 1.54) is 16.6 Å². The van der Waals surface area contributed by atoms with Crippen LogP contribution in [0.4, 0.5) is 17.5 Å². The van der Waals surface area contributed by atoms with Crippen LogP contribution in [-0.4, -0.2) is 21.9 Å². The highest BCUT2D eigenvalue weighted by atomic mass is 32.1. The first-order valence-electron chi connectivity index (χ1n) is 6.71. The number of rotatable bonds is 4. The minimum atomic E-state index is -0.459. The lowest BCUT2D eigenvalue weighted by Gasteiger charge is -2.24. The summed E-state index contributed by atoms with van der Waals surface area (Å²) >= 11 is 1.74.